The van der Waals surface area contributed by atoms with Crippen LogP contribution in [0.15, 0.2) is 54.4 Å². The molecule has 2 saturated heterocycles. The van der Waals surface area contributed by atoms with Gasteiger partial charge in [0.05, 0.1) is 0 Å². The minimum atomic E-state index is -0.0956. The average molecular weight is 531 g/mol. The zero-order valence-electron chi connectivity index (χ0n) is 21.2. The molecule has 1 unspecified atom stereocenters. The van der Waals surface area contributed by atoms with Gasteiger partial charge in [0.25, 0.3) is 5.91 Å². The van der Waals surface area contributed by atoms with Gasteiger partial charge in [-0.2, -0.15) is 0 Å². The van der Waals surface area contributed by atoms with E-state index >= 15 is 0 Å². The number of anilines is 1. The van der Waals surface area contributed by atoms with Crippen molar-refractivity contribution in [3.05, 3.63) is 75.5 Å². The van der Waals surface area contributed by atoms with E-state index in [4.69, 9.17) is 23.2 Å². The average Bonchev–Trinajstić information content (AvgIpc) is 2.87. The first-order valence-corrected chi connectivity index (χ1v) is 13.6. The van der Waals surface area contributed by atoms with Crippen LogP contribution in [-0.4, -0.2) is 67.6 Å². The van der Waals surface area contributed by atoms with Crippen molar-refractivity contribution >= 4 is 34.8 Å². The Labute approximate surface area is 225 Å². The predicted octanol–water partition coefficient (Wildman–Crippen LogP) is 5.00. The Kier molecular flexibility index (Phi) is 9.54. The molecule has 2 aliphatic rings. The number of carbonyl (C=O) groups is 1. The van der Waals surface area contributed by atoms with Crippen LogP contribution in [0.25, 0.3) is 0 Å². The number of hydrogen-bond donors (Lipinski definition) is 3. The molecule has 36 heavy (non-hydrogen) atoms. The van der Waals surface area contributed by atoms with E-state index in [1.54, 1.807) is 6.07 Å². The summed E-state index contributed by atoms with van der Waals surface area (Å²) in [4.78, 5) is 17.5. The molecule has 0 aliphatic carbocycles. The number of halogens is 2. The first-order chi connectivity index (χ1) is 17.4. The standard InChI is InChI=1S/C28H37Cl2N5O/c1-20-19-35(16-15-34(20)2)27(18-25-5-3-4-13-31-25)33-24-10-7-22(8-11-24)28(36)32-14-12-21-6-9-23(29)17-26(21)30/h6-11,17-18,20,25,31,33H,3-5,12-16,19H2,1-2H3,(H,32,36)/b27-18-/t20-,25?/m0/s1. The van der Waals surface area contributed by atoms with Gasteiger partial charge in [-0.1, -0.05) is 35.7 Å². The highest BCUT2D eigenvalue weighted by atomic mass is 35.5. The summed E-state index contributed by atoms with van der Waals surface area (Å²) in [6.07, 6.45) is 6.66. The van der Waals surface area contributed by atoms with Crippen molar-refractivity contribution in [3.63, 3.8) is 0 Å². The number of carbonyl (C=O) groups excluding carboxylic acids is 1. The normalized spacial score (nSPS) is 21.3. The number of rotatable bonds is 8. The van der Waals surface area contributed by atoms with E-state index in [9.17, 15) is 4.79 Å². The van der Waals surface area contributed by atoms with E-state index in [1.807, 2.05) is 36.4 Å². The molecule has 2 aromatic rings. The van der Waals surface area contributed by atoms with Gasteiger partial charge in [-0.3, -0.25) is 4.79 Å². The van der Waals surface area contributed by atoms with E-state index in [0.29, 0.717) is 40.7 Å². The number of amides is 1. The minimum absolute atomic E-state index is 0.0956. The molecule has 1 amide bonds. The van der Waals surface area contributed by atoms with Gasteiger partial charge in [0.1, 0.15) is 5.82 Å². The number of likely N-dealkylation sites (N-methyl/N-ethyl adjacent to an activating group) is 1. The lowest BCUT2D eigenvalue weighted by molar-refractivity contribution is 0.0954. The maximum Gasteiger partial charge on any atom is 0.251 e. The van der Waals surface area contributed by atoms with Crippen LogP contribution in [0.4, 0.5) is 5.69 Å². The van der Waals surface area contributed by atoms with Gasteiger partial charge in [-0.15, -0.1) is 0 Å². The van der Waals surface area contributed by atoms with Crippen molar-refractivity contribution in [3.8, 4) is 0 Å². The second-order valence-corrected chi connectivity index (χ2v) is 10.7. The van der Waals surface area contributed by atoms with Crippen LogP contribution in [-0.2, 0) is 6.42 Å². The second-order valence-electron chi connectivity index (χ2n) is 9.83. The van der Waals surface area contributed by atoms with Crippen molar-refractivity contribution in [2.75, 3.05) is 45.1 Å². The number of benzene rings is 2. The summed E-state index contributed by atoms with van der Waals surface area (Å²) < 4.78 is 0. The number of piperidine rings is 1. The van der Waals surface area contributed by atoms with E-state index in [0.717, 1.165) is 49.7 Å². The molecule has 0 bridgehead atoms. The van der Waals surface area contributed by atoms with Crippen LogP contribution >= 0.6 is 23.2 Å². The van der Waals surface area contributed by atoms with E-state index in [2.05, 4.69) is 45.8 Å². The fourth-order valence-corrected chi connectivity index (χ4v) is 5.20. The lowest BCUT2D eigenvalue weighted by Crippen LogP contribution is -2.50. The number of nitrogens with zero attached hydrogens (tertiary/aromatic N) is 2. The van der Waals surface area contributed by atoms with Crippen LogP contribution in [0.1, 0.15) is 42.1 Å². The van der Waals surface area contributed by atoms with Crippen molar-refractivity contribution in [2.24, 2.45) is 0 Å². The molecule has 6 nitrogen and oxygen atoms in total. The predicted molar refractivity (Wildman–Crippen MR) is 150 cm³/mol. The van der Waals surface area contributed by atoms with E-state index in [-0.39, 0.29) is 5.91 Å². The summed E-state index contributed by atoms with van der Waals surface area (Å²) in [6, 6.07) is 14.0. The van der Waals surface area contributed by atoms with Crippen molar-refractivity contribution < 1.29 is 4.79 Å². The highest BCUT2D eigenvalue weighted by Crippen LogP contribution is 2.22. The van der Waals surface area contributed by atoms with Gasteiger partial charge in [0, 0.05) is 59.6 Å². The highest BCUT2D eigenvalue weighted by molar-refractivity contribution is 6.35. The molecule has 0 radical (unpaired) electrons. The van der Waals surface area contributed by atoms with Crippen molar-refractivity contribution in [2.45, 2.75) is 44.7 Å². The van der Waals surface area contributed by atoms with Gasteiger partial charge < -0.3 is 25.8 Å². The van der Waals surface area contributed by atoms with Gasteiger partial charge in [0.15, 0.2) is 0 Å². The van der Waals surface area contributed by atoms with Gasteiger partial charge in [-0.05, 0) is 87.8 Å². The minimum Gasteiger partial charge on any atom is -0.356 e. The zero-order chi connectivity index (χ0) is 25.5. The third-order valence-electron chi connectivity index (χ3n) is 7.12. The van der Waals surface area contributed by atoms with Crippen LogP contribution in [0, 0.1) is 0 Å². The number of hydrogen-bond acceptors (Lipinski definition) is 5. The molecule has 2 aromatic carbocycles. The smallest absolute Gasteiger partial charge is 0.251 e. The topological polar surface area (TPSA) is 59.6 Å². The molecular weight excluding hydrogens is 493 g/mol. The maximum absolute atomic E-state index is 12.7. The van der Waals surface area contributed by atoms with E-state index < -0.39 is 0 Å². The Morgan fingerprint density at radius 2 is 1.94 bits per heavy atom. The number of piperazine rings is 1. The van der Waals surface area contributed by atoms with E-state index in [1.165, 1.54) is 12.8 Å². The van der Waals surface area contributed by atoms with Gasteiger partial charge >= 0.3 is 0 Å². The fourth-order valence-electron chi connectivity index (χ4n) is 4.69. The molecule has 2 atom stereocenters. The molecule has 2 heterocycles. The van der Waals surface area contributed by atoms with Crippen LogP contribution in [0.3, 0.4) is 0 Å². The summed E-state index contributed by atoms with van der Waals surface area (Å²) in [7, 11) is 2.19. The summed E-state index contributed by atoms with van der Waals surface area (Å²) in [6.45, 7) is 6.87. The molecule has 8 heteroatoms. The lowest BCUT2D eigenvalue weighted by Gasteiger charge is -2.40. The quantitative estimate of drug-likeness (QED) is 0.449. The van der Waals surface area contributed by atoms with Gasteiger partial charge in [-0.25, -0.2) is 0 Å². The Morgan fingerprint density at radius 3 is 2.64 bits per heavy atom. The fraction of sp³-hybridized carbons (Fsp3) is 0.464. The molecule has 194 valence electrons. The Balaban J connectivity index is 1.37. The Hall–Kier alpha value is -2.25. The highest BCUT2D eigenvalue weighted by Gasteiger charge is 2.23. The third kappa shape index (κ3) is 7.39. The first-order valence-electron chi connectivity index (χ1n) is 12.9. The van der Waals surface area contributed by atoms with Crippen LogP contribution in [0.2, 0.25) is 10.0 Å². The molecule has 0 aromatic heterocycles. The van der Waals surface area contributed by atoms with Crippen molar-refractivity contribution in [1.82, 2.24) is 20.4 Å². The molecular formula is C28H37Cl2N5O. The third-order valence-corrected chi connectivity index (χ3v) is 7.71. The van der Waals surface area contributed by atoms with Gasteiger partial charge in [0.2, 0.25) is 0 Å². The second kappa shape index (κ2) is 12.8. The Morgan fingerprint density at radius 1 is 1.14 bits per heavy atom. The molecule has 0 spiro atoms. The van der Waals surface area contributed by atoms with Crippen LogP contribution in [0.5, 0.6) is 0 Å². The zero-order valence-corrected chi connectivity index (χ0v) is 22.7. The Bertz CT molecular complexity index is 1050. The van der Waals surface area contributed by atoms with Crippen molar-refractivity contribution in [1.29, 1.82) is 0 Å². The SMILES string of the molecule is C[C@H]1CN(/C(=C\C2CCCCN2)Nc2ccc(C(=O)NCCc3ccc(Cl)cc3Cl)cc2)CCN1C. The van der Waals surface area contributed by atoms with Crippen LogP contribution < -0.4 is 16.0 Å². The largest absolute Gasteiger partial charge is 0.356 e. The monoisotopic (exact) mass is 529 g/mol. The molecule has 0 saturated carbocycles. The lowest BCUT2D eigenvalue weighted by atomic mass is 10.0. The molecule has 2 aliphatic heterocycles. The molecule has 2 fully saturated rings. The first kappa shape index (κ1) is 26.8. The molecule has 3 N–H and O–H groups in total. The summed E-state index contributed by atoms with van der Waals surface area (Å²) in [5, 5.41) is 11.5. The summed E-state index contributed by atoms with van der Waals surface area (Å²) >= 11 is 12.2. The summed E-state index contributed by atoms with van der Waals surface area (Å²) in [5.74, 6) is 1.05. The maximum atomic E-state index is 12.7. The summed E-state index contributed by atoms with van der Waals surface area (Å²) in [5.41, 5.74) is 2.58. The number of nitrogens with one attached hydrogen (secondary N) is 3. The molecule has 4 rings (SSSR count).